The van der Waals surface area contributed by atoms with Crippen LogP contribution in [0.15, 0.2) is 22.7 Å². The molecule has 18 heavy (non-hydrogen) atoms. The van der Waals surface area contributed by atoms with Gasteiger partial charge in [-0.1, -0.05) is 31.9 Å². The molecule has 1 aromatic carbocycles. The molecule has 0 bridgehead atoms. The zero-order valence-corrected chi connectivity index (χ0v) is 15.1. The second-order valence-electron chi connectivity index (χ2n) is 4.61. The van der Waals surface area contributed by atoms with Gasteiger partial charge in [0.15, 0.2) is 0 Å². The third-order valence-corrected chi connectivity index (χ3v) is 5.47. The maximum atomic E-state index is 12.1. The molecule has 1 aliphatic rings. The highest BCUT2D eigenvalue weighted by Gasteiger charge is 2.23. The SMILES string of the molecule is O=C(NCC1CCC(Br)C1)c1cc(Br)ccc1I. The van der Waals surface area contributed by atoms with Crippen LogP contribution >= 0.6 is 54.5 Å². The van der Waals surface area contributed by atoms with E-state index in [1.54, 1.807) is 0 Å². The summed E-state index contributed by atoms with van der Waals surface area (Å²) in [5.41, 5.74) is 0.748. The normalized spacial score (nSPS) is 23.1. The molecule has 0 radical (unpaired) electrons. The summed E-state index contributed by atoms with van der Waals surface area (Å²) in [5.74, 6) is 0.641. The fourth-order valence-electron chi connectivity index (χ4n) is 2.20. The van der Waals surface area contributed by atoms with Crippen LogP contribution in [0.5, 0.6) is 0 Å². The molecule has 98 valence electrons. The monoisotopic (exact) mass is 485 g/mol. The van der Waals surface area contributed by atoms with Crippen molar-refractivity contribution in [3.8, 4) is 0 Å². The molecule has 1 fully saturated rings. The number of hydrogen-bond donors (Lipinski definition) is 1. The van der Waals surface area contributed by atoms with Gasteiger partial charge < -0.3 is 5.32 Å². The van der Waals surface area contributed by atoms with E-state index in [4.69, 9.17) is 0 Å². The van der Waals surface area contributed by atoms with E-state index in [0.717, 1.165) is 26.6 Å². The van der Waals surface area contributed by atoms with Crippen molar-refractivity contribution in [3.05, 3.63) is 31.8 Å². The van der Waals surface area contributed by atoms with Crippen LogP contribution in [0.4, 0.5) is 0 Å². The van der Waals surface area contributed by atoms with Crippen LogP contribution in [0.25, 0.3) is 0 Å². The molecule has 1 aliphatic carbocycles. The minimum atomic E-state index is 0.0266. The Bertz CT molecular complexity index is 453. The van der Waals surface area contributed by atoms with Gasteiger partial charge in [-0.25, -0.2) is 0 Å². The molecule has 2 atom stereocenters. The Morgan fingerprint density at radius 3 is 2.89 bits per heavy atom. The Balaban J connectivity index is 1.93. The summed E-state index contributed by atoms with van der Waals surface area (Å²) in [7, 11) is 0. The van der Waals surface area contributed by atoms with E-state index in [-0.39, 0.29) is 5.91 Å². The highest BCUT2D eigenvalue weighted by molar-refractivity contribution is 14.1. The summed E-state index contributed by atoms with van der Waals surface area (Å²) in [6, 6.07) is 5.77. The number of nitrogens with one attached hydrogen (secondary N) is 1. The molecule has 1 aromatic rings. The summed E-state index contributed by atoms with van der Waals surface area (Å²) < 4.78 is 1.92. The maximum absolute atomic E-state index is 12.1. The van der Waals surface area contributed by atoms with E-state index in [2.05, 4.69) is 59.8 Å². The fraction of sp³-hybridized carbons (Fsp3) is 0.462. The number of alkyl halides is 1. The number of benzene rings is 1. The minimum Gasteiger partial charge on any atom is -0.352 e. The van der Waals surface area contributed by atoms with Crippen LogP contribution in [0.3, 0.4) is 0 Å². The van der Waals surface area contributed by atoms with Gasteiger partial charge >= 0.3 is 0 Å². The molecule has 0 saturated heterocycles. The lowest BCUT2D eigenvalue weighted by Crippen LogP contribution is -2.29. The topological polar surface area (TPSA) is 29.1 Å². The van der Waals surface area contributed by atoms with Gasteiger partial charge in [0.1, 0.15) is 0 Å². The second kappa shape index (κ2) is 6.70. The molecule has 2 rings (SSSR count). The molecule has 2 nitrogen and oxygen atoms in total. The zero-order chi connectivity index (χ0) is 13.1. The second-order valence-corrected chi connectivity index (χ2v) is 7.98. The molecule has 2 unspecified atom stereocenters. The average Bonchev–Trinajstić information content (AvgIpc) is 2.75. The first-order chi connectivity index (χ1) is 8.56. The van der Waals surface area contributed by atoms with Gasteiger partial charge in [0.2, 0.25) is 0 Å². The molecular formula is C13H14Br2INO. The first kappa shape index (κ1) is 14.8. The van der Waals surface area contributed by atoms with Crippen molar-refractivity contribution >= 4 is 60.4 Å². The Morgan fingerprint density at radius 1 is 1.44 bits per heavy atom. The highest BCUT2D eigenvalue weighted by atomic mass is 127. The predicted molar refractivity (Wildman–Crippen MR) is 89.2 cm³/mol. The Morgan fingerprint density at radius 2 is 2.22 bits per heavy atom. The maximum Gasteiger partial charge on any atom is 0.252 e. The fourth-order valence-corrected chi connectivity index (χ4v) is 3.94. The summed E-state index contributed by atoms with van der Waals surface area (Å²) in [4.78, 5) is 12.7. The first-order valence-corrected chi connectivity index (χ1v) is 8.72. The lowest BCUT2D eigenvalue weighted by Gasteiger charge is -2.12. The largest absolute Gasteiger partial charge is 0.352 e. The van der Waals surface area contributed by atoms with Gasteiger partial charge in [0, 0.05) is 19.4 Å². The Labute approximate surface area is 138 Å². The summed E-state index contributed by atoms with van der Waals surface area (Å²) in [6.45, 7) is 0.781. The van der Waals surface area contributed by atoms with E-state index in [9.17, 15) is 4.79 Å². The summed E-state index contributed by atoms with van der Waals surface area (Å²) >= 11 is 9.23. The smallest absolute Gasteiger partial charge is 0.252 e. The Kier molecular flexibility index (Phi) is 5.50. The molecule has 1 amide bonds. The number of carbonyl (C=O) groups is 1. The van der Waals surface area contributed by atoms with Crippen molar-refractivity contribution in [2.24, 2.45) is 5.92 Å². The molecule has 5 heteroatoms. The minimum absolute atomic E-state index is 0.0266. The molecule has 0 heterocycles. The third kappa shape index (κ3) is 3.93. The van der Waals surface area contributed by atoms with Crippen molar-refractivity contribution in [2.75, 3.05) is 6.54 Å². The van der Waals surface area contributed by atoms with Crippen LogP contribution < -0.4 is 5.32 Å². The van der Waals surface area contributed by atoms with Crippen molar-refractivity contribution < 1.29 is 4.79 Å². The van der Waals surface area contributed by atoms with Crippen LogP contribution in [0, 0.1) is 9.49 Å². The van der Waals surface area contributed by atoms with E-state index in [0.29, 0.717) is 10.7 Å². The first-order valence-electron chi connectivity index (χ1n) is 5.93. The number of halogens is 3. The van der Waals surface area contributed by atoms with Crippen LogP contribution in [0.2, 0.25) is 0 Å². The summed E-state index contributed by atoms with van der Waals surface area (Å²) in [5, 5.41) is 3.04. The van der Waals surface area contributed by atoms with Gasteiger partial charge in [-0.15, -0.1) is 0 Å². The van der Waals surface area contributed by atoms with Crippen molar-refractivity contribution in [1.29, 1.82) is 0 Å². The van der Waals surface area contributed by atoms with Gasteiger partial charge in [0.25, 0.3) is 5.91 Å². The average molecular weight is 487 g/mol. The third-order valence-electron chi connectivity index (χ3n) is 3.20. The number of amides is 1. The van der Waals surface area contributed by atoms with E-state index in [1.807, 2.05) is 18.2 Å². The number of carbonyl (C=O) groups excluding carboxylic acids is 1. The van der Waals surface area contributed by atoms with Crippen LogP contribution in [0.1, 0.15) is 29.6 Å². The van der Waals surface area contributed by atoms with Gasteiger partial charge in [-0.3, -0.25) is 4.79 Å². The molecule has 0 aromatic heterocycles. The molecule has 1 saturated carbocycles. The standard InChI is InChI=1S/C13H14Br2INO/c14-9-2-1-8(5-9)7-17-13(18)11-6-10(15)3-4-12(11)16/h3-4,6,8-9H,1-2,5,7H2,(H,17,18). The lowest BCUT2D eigenvalue weighted by atomic mass is 10.1. The Hall–Kier alpha value is 0.380. The number of rotatable bonds is 3. The molecule has 0 aliphatic heterocycles. The molecule has 0 spiro atoms. The van der Waals surface area contributed by atoms with Crippen molar-refractivity contribution in [3.63, 3.8) is 0 Å². The predicted octanol–water partition coefficient (Wildman–Crippen LogP) is 4.35. The van der Waals surface area contributed by atoms with Crippen LogP contribution in [-0.2, 0) is 0 Å². The molecule has 1 N–H and O–H groups in total. The summed E-state index contributed by atoms with van der Waals surface area (Å²) in [6.07, 6.45) is 3.58. The van der Waals surface area contributed by atoms with Gasteiger partial charge in [-0.2, -0.15) is 0 Å². The van der Waals surface area contributed by atoms with Gasteiger partial charge in [-0.05, 0) is 66.0 Å². The van der Waals surface area contributed by atoms with E-state index in [1.165, 1.54) is 12.8 Å². The van der Waals surface area contributed by atoms with Gasteiger partial charge in [0.05, 0.1) is 5.56 Å². The van der Waals surface area contributed by atoms with Crippen LogP contribution in [-0.4, -0.2) is 17.3 Å². The molecular weight excluding hydrogens is 473 g/mol. The lowest BCUT2D eigenvalue weighted by molar-refractivity contribution is 0.0946. The zero-order valence-electron chi connectivity index (χ0n) is 9.76. The van der Waals surface area contributed by atoms with E-state index < -0.39 is 0 Å². The van der Waals surface area contributed by atoms with Crippen molar-refractivity contribution in [2.45, 2.75) is 24.1 Å². The van der Waals surface area contributed by atoms with Crippen molar-refractivity contribution in [1.82, 2.24) is 5.32 Å². The quantitative estimate of drug-likeness (QED) is 0.499. The number of hydrogen-bond acceptors (Lipinski definition) is 1. The highest BCUT2D eigenvalue weighted by Crippen LogP contribution is 2.30. The van der Waals surface area contributed by atoms with E-state index >= 15 is 0 Å².